The van der Waals surface area contributed by atoms with Crippen molar-refractivity contribution in [1.29, 1.82) is 0 Å². The fourth-order valence-corrected chi connectivity index (χ4v) is 1.89. The first-order valence-electron chi connectivity index (χ1n) is 5.96. The summed E-state index contributed by atoms with van der Waals surface area (Å²) >= 11 is 0. The first-order valence-corrected chi connectivity index (χ1v) is 5.96. The van der Waals surface area contributed by atoms with Crippen LogP contribution in [0.5, 0.6) is 0 Å². The maximum Gasteiger partial charge on any atom is 0.121 e. The Morgan fingerprint density at radius 2 is 1.77 bits per heavy atom. The molecule has 0 rings (SSSR count). The summed E-state index contributed by atoms with van der Waals surface area (Å²) in [7, 11) is 1.31. The van der Waals surface area contributed by atoms with Gasteiger partial charge in [-0.1, -0.05) is 66.5 Å². The molecule has 0 saturated heterocycles. The minimum Gasteiger partial charge on any atom is -0.0891 e. The fourth-order valence-electron chi connectivity index (χ4n) is 1.89. The quantitative estimate of drug-likeness (QED) is 0.541. The maximum atomic E-state index is 2.43. The molecule has 1 heteroatoms. The lowest BCUT2D eigenvalue weighted by molar-refractivity contribution is 0.205. The molecule has 0 aromatic heterocycles. The van der Waals surface area contributed by atoms with Crippen LogP contribution in [0.3, 0.4) is 0 Å². The molecule has 0 aromatic rings. The highest BCUT2D eigenvalue weighted by molar-refractivity contribution is 6.35. The van der Waals surface area contributed by atoms with Crippen molar-refractivity contribution in [3.8, 4) is 0 Å². The van der Waals surface area contributed by atoms with Crippen LogP contribution in [0, 0.1) is 11.3 Å². The van der Waals surface area contributed by atoms with Crippen molar-refractivity contribution in [2.24, 2.45) is 11.3 Å². The second-order valence-electron chi connectivity index (χ2n) is 5.17. The van der Waals surface area contributed by atoms with E-state index < -0.39 is 0 Å². The van der Waals surface area contributed by atoms with E-state index in [1.54, 1.807) is 0 Å². The SMILES string of the molecule is CBC(C)C(C)(C)C(C)CCCC. The van der Waals surface area contributed by atoms with E-state index in [0.29, 0.717) is 5.41 Å². The van der Waals surface area contributed by atoms with Gasteiger partial charge in [0.1, 0.15) is 7.28 Å². The van der Waals surface area contributed by atoms with Gasteiger partial charge in [0.15, 0.2) is 0 Å². The van der Waals surface area contributed by atoms with Gasteiger partial charge in [0.25, 0.3) is 0 Å². The Morgan fingerprint density at radius 3 is 2.15 bits per heavy atom. The molecule has 0 aliphatic carbocycles. The van der Waals surface area contributed by atoms with Crippen LogP contribution in [0.4, 0.5) is 0 Å². The van der Waals surface area contributed by atoms with E-state index >= 15 is 0 Å². The van der Waals surface area contributed by atoms with Crippen molar-refractivity contribution in [3.05, 3.63) is 0 Å². The lowest BCUT2D eigenvalue weighted by atomic mass is 9.53. The van der Waals surface area contributed by atoms with Gasteiger partial charge in [-0.15, -0.1) is 0 Å². The number of hydrogen-bond donors (Lipinski definition) is 0. The molecule has 0 aliphatic rings. The number of unbranched alkanes of at least 4 members (excludes halogenated alkanes) is 1. The van der Waals surface area contributed by atoms with Crippen LogP contribution in [0.25, 0.3) is 0 Å². The molecule has 0 nitrogen and oxygen atoms in total. The average molecular weight is 182 g/mol. The van der Waals surface area contributed by atoms with E-state index in [4.69, 9.17) is 0 Å². The average Bonchev–Trinajstić information content (AvgIpc) is 2.12. The molecule has 2 unspecified atom stereocenters. The molecule has 0 N–H and O–H groups in total. The van der Waals surface area contributed by atoms with Crippen LogP contribution in [-0.2, 0) is 0 Å². The summed E-state index contributed by atoms with van der Waals surface area (Å²) < 4.78 is 0. The molecule has 0 radical (unpaired) electrons. The van der Waals surface area contributed by atoms with Gasteiger partial charge in [-0.3, -0.25) is 0 Å². The Morgan fingerprint density at radius 1 is 1.23 bits per heavy atom. The van der Waals surface area contributed by atoms with E-state index in [1.807, 2.05) is 0 Å². The molecule has 0 spiro atoms. The van der Waals surface area contributed by atoms with Crippen LogP contribution < -0.4 is 0 Å². The Balaban J connectivity index is 4.09. The van der Waals surface area contributed by atoms with Gasteiger partial charge in [-0.25, -0.2) is 0 Å². The first kappa shape index (κ1) is 13.1. The molecule has 0 aliphatic heterocycles. The van der Waals surface area contributed by atoms with Gasteiger partial charge in [0, 0.05) is 0 Å². The monoisotopic (exact) mass is 182 g/mol. The number of hydrogen-bond acceptors (Lipinski definition) is 0. The lowest BCUT2D eigenvalue weighted by Crippen LogP contribution is -2.28. The molecular formula is C12H27B. The van der Waals surface area contributed by atoms with Crippen LogP contribution in [-0.4, -0.2) is 7.28 Å². The summed E-state index contributed by atoms with van der Waals surface area (Å²) in [6.45, 7) is 14.3. The molecule has 0 heterocycles. The van der Waals surface area contributed by atoms with E-state index in [9.17, 15) is 0 Å². The minimum atomic E-state index is 0.518. The van der Waals surface area contributed by atoms with Gasteiger partial charge >= 0.3 is 0 Å². The third-order valence-electron chi connectivity index (χ3n) is 4.14. The van der Waals surface area contributed by atoms with Crippen molar-refractivity contribution in [2.45, 2.75) is 66.5 Å². The molecule has 78 valence electrons. The van der Waals surface area contributed by atoms with E-state index in [1.165, 1.54) is 26.5 Å². The van der Waals surface area contributed by atoms with Gasteiger partial charge in [0.2, 0.25) is 0 Å². The second kappa shape index (κ2) is 5.72. The van der Waals surface area contributed by atoms with E-state index in [2.05, 4.69) is 41.4 Å². The van der Waals surface area contributed by atoms with Crippen LogP contribution in [0.15, 0.2) is 0 Å². The maximum absolute atomic E-state index is 2.43. The molecule has 0 saturated carbocycles. The molecule has 0 bridgehead atoms. The predicted octanol–water partition coefficient (Wildman–Crippen LogP) is 4.13. The third-order valence-corrected chi connectivity index (χ3v) is 4.14. The van der Waals surface area contributed by atoms with Gasteiger partial charge < -0.3 is 0 Å². The Kier molecular flexibility index (Phi) is 5.75. The fraction of sp³-hybridized carbons (Fsp3) is 1.00. The molecule has 13 heavy (non-hydrogen) atoms. The Hall–Kier alpha value is 0.0649. The summed E-state index contributed by atoms with van der Waals surface area (Å²) in [5.41, 5.74) is 0.518. The zero-order valence-electron chi connectivity index (χ0n) is 10.5. The van der Waals surface area contributed by atoms with Gasteiger partial charge in [0.05, 0.1) is 0 Å². The smallest absolute Gasteiger partial charge is 0.0891 e. The minimum absolute atomic E-state index is 0.518. The largest absolute Gasteiger partial charge is 0.121 e. The standard InChI is InChI=1S/C12H27B/c1-7-8-9-10(2)12(4,5)11(3)13-6/h10-11,13H,7-9H2,1-6H3. The predicted molar refractivity (Wildman–Crippen MR) is 64.9 cm³/mol. The normalized spacial score (nSPS) is 16.8. The van der Waals surface area contributed by atoms with Gasteiger partial charge in [-0.05, 0) is 11.3 Å². The Bertz CT molecular complexity index is 129. The third kappa shape index (κ3) is 3.75. The second-order valence-corrected chi connectivity index (χ2v) is 5.17. The highest BCUT2D eigenvalue weighted by Gasteiger charge is 2.30. The Labute approximate surface area is 85.7 Å². The summed E-state index contributed by atoms with van der Waals surface area (Å²) in [6, 6.07) is 0. The van der Waals surface area contributed by atoms with Crippen LogP contribution >= 0.6 is 0 Å². The van der Waals surface area contributed by atoms with Crippen LogP contribution in [0.2, 0.25) is 12.6 Å². The molecular weight excluding hydrogens is 155 g/mol. The molecule has 0 amide bonds. The van der Waals surface area contributed by atoms with Crippen molar-refractivity contribution < 1.29 is 0 Å². The summed E-state index contributed by atoms with van der Waals surface area (Å²) in [6.07, 6.45) is 4.12. The van der Waals surface area contributed by atoms with Crippen molar-refractivity contribution in [3.63, 3.8) is 0 Å². The van der Waals surface area contributed by atoms with E-state index in [0.717, 1.165) is 11.7 Å². The summed E-state index contributed by atoms with van der Waals surface area (Å²) in [5.74, 6) is 1.71. The molecule has 0 aromatic carbocycles. The summed E-state index contributed by atoms with van der Waals surface area (Å²) in [5, 5.41) is 0. The van der Waals surface area contributed by atoms with Crippen molar-refractivity contribution in [2.75, 3.05) is 0 Å². The van der Waals surface area contributed by atoms with Crippen molar-refractivity contribution >= 4 is 7.28 Å². The number of rotatable bonds is 6. The topological polar surface area (TPSA) is 0 Å². The lowest BCUT2D eigenvalue weighted by Gasteiger charge is -2.37. The van der Waals surface area contributed by atoms with Crippen LogP contribution in [0.1, 0.15) is 53.9 Å². The first-order chi connectivity index (χ1) is 5.96. The van der Waals surface area contributed by atoms with E-state index in [-0.39, 0.29) is 0 Å². The zero-order valence-corrected chi connectivity index (χ0v) is 10.5. The highest BCUT2D eigenvalue weighted by atomic mass is 14.3. The molecule has 0 fully saturated rings. The zero-order chi connectivity index (χ0) is 10.5. The highest BCUT2D eigenvalue weighted by Crippen LogP contribution is 2.40. The van der Waals surface area contributed by atoms with Crippen molar-refractivity contribution in [1.82, 2.24) is 0 Å². The summed E-state index contributed by atoms with van der Waals surface area (Å²) in [4.78, 5) is 0. The van der Waals surface area contributed by atoms with Gasteiger partial charge in [-0.2, -0.15) is 0 Å². The molecule has 2 atom stereocenters.